The molecule has 0 N–H and O–H groups in total. The van der Waals surface area contributed by atoms with Crippen LogP contribution >= 0.6 is 0 Å². The van der Waals surface area contributed by atoms with Gasteiger partial charge in [-0.05, 0) is 49.1 Å². The first kappa shape index (κ1) is 21.7. The van der Waals surface area contributed by atoms with E-state index >= 15 is 0 Å². The highest BCUT2D eigenvalue weighted by Crippen LogP contribution is 2.20. The highest BCUT2D eigenvalue weighted by atomic mass is 16.5. The molecule has 0 saturated carbocycles. The molecule has 4 nitrogen and oxygen atoms in total. The highest BCUT2D eigenvalue weighted by Gasteiger charge is 2.20. The predicted molar refractivity (Wildman–Crippen MR) is 122 cm³/mol. The number of ether oxygens (including phenoxy) is 1. The molecular formula is C26H30N2O2. The lowest BCUT2D eigenvalue weighted by atomic mass is 10.1. The highest BCUT2D eigenvalue weighted by molar-refractivity contribution is 5.94. The summed E-state index contributed by atoms with van der Waals surface area (Å²) in [5.41, 5.74) is 1.99. The fourth-order valence-electron chi connectivity index (χ4n) is 3.72. The molecule has 156 valence electrons. The number of carbonyl (C=O) groups excluding carboxylic acids is 1. The van der Waals surface area contributed by atoms with Gasteiger partial charge in [0, 0.05) is 31.7 Å². The SMILES string of the molecule is C#CCN(CC=C)C(=O)c1ccc(OC2CCN(CCc3ccccc3)CC2)cc1. The Morgan fingerprint density at radius 1 is 1.17 bits per heavy atom. The maximum Gasteiger partial charge on any atom is 0.254 e. The van der Waals surface area contributed by atoms with Crippen molar-refractivity contribution in [3.05, 3.63) is 78.4 Å². The molecular weight excluding hydrogens is 372 g/mol. The molecule has 0 spiro atoms. The summed E-state index contributed by atoms with van der Waals surface area (Å²) in [5.74, 6) is 3.23. The van der Waals surface area contributed by atoms with Gasteiger partial charge in [0.1, 0.15) is 11.9 Å². The molecule has 1 fully saturated rings. The van der Waals surface area contributed by atoms with Gasteiger partial charge in [0.15, 0.2) is 0 Å². The van der Waals surface area contributed by atoms with Crippen LogP contribution in [0, 0.1) is 12.3 Å². The van der Waals surface area contributed by atoms with Crippen LogP contribution in [0.1, 0.15) is 28.8 Å². The number of carbonyl (C=O) groups is 1. The average Bonchev–Trinajstić information content (AvgIpc) is 2.79. The largest absolute Gasteiger partial charge is 0.490 e. The van der Waals surface area contributed by atoms with Gasteiger partial charge in [-0.1, -0.05) is 42.3 Å². The first-order valence-electron chi connectivity index (χ1n) is 10.6. The minimum absolute atomic E-state index is 0.0916. The number of benzene rings is 2. The molecule has 4 heteroatoms. The quantitative estimate of drug-likeness (QED) is 0.469. The van der Waals surface area contributed by atoms with Crippen molar-refractivity contribution in [2.75, 3.05) is 32.7 Å². The molecule has 1 aliphatic heterocycles. The summed E-state index contributed by atoms with van der Waals surface area (Å²) >= 11 is 0. The van der Waals surface area contributed by atoms with Gasteiger partial charge < -0.3 is 14.5 Å². The molecule has 2 aromatic carbocycles. The summed E-state index contributed by atoms with van der Waals surface area (Å²) in [6.07, 6.45) is 10.4. The maximum absolute atomic E-state index is 12.6. The lowest BCUT2D eigenvalue weighted by Crippen LogP contribution is -2.39. The second-order valence-electron chi connectivity index (χ2n) is 7.60. The van der Waals surface area contributed by atoms with Crippen LogP contribution in [-0.4, -0.2) is 54.5 Å². The summed E-state index contributed by atoms with van der Waals surface area (Å²) in [4.78, 5) is 16.7. The lowest BCUT2D eigenvalue weighted by molar-refractivity contribution is 0.0793. The number of rotatable bonds is 9. The summed E-state index contributed by atoms with van der Waals surface area (Å²) in [5, 5.41) is 0. The number of hydrogen-bond donors (Lipinski definition) is 0. The fourth-order valence-corrected chi connectivity index (χ4v) is 3.72. The second kappa shape index (κ2) is 11.2. The van der Waals surface area contributed by atoms with E-state index in [1.807, 2.05) is 12.1 Å². The predicted octanol–water partition coefficient (Wildman–Crippen LogP) is 4.03. The Hall–Kier alpha value is -3.03. The third-order valence-electron chi connectivity index (χ3n) is 5.42. The number of likely N-dealkylation sites (tertiary alicyclic amines) is 1. The van der Waals surface area contributed by atoms with Crippen molar-refractivity contribution in [3.8, 4) is 18.1 Å². The third kappa shape index (κ3) is 6.23. The Bertz CT molecular complexity index is 847. The van der Waals surface area contributed by atoms with Gasteiger partial charge in [0.2, 0.25) is 0 Å². The Morgan fingerprint density at radius 2 is 1.87 bits per heavy atom. The van der Waals surface area contributed by atoms with Crippen molar-refractivity contribution in [2.24, 2.45) is 0 Å². The molecule has 1 heterocycles. The Balaban J connectivity index is 1.45. The van der Waals surface area contributed by atoms with Gasteiger partial charge in [-0.2, -0.15) is 0 Å². The van der Waals surface area contributed by atoms with Crippen molar-refractivity contribution in [3.63, 3.8) is 0 Å². The van der Waals surface area contributed by atoms with Crippen molar-refractivity contribution in [2.45, 2.75) is 25.4 Å². The van der Waals surface area contributed by atoms with Gasteiger partial charge in [-0.15, -0.1) is 13.0 Å². The molecule has 0 bridgehead atoms. The average molecular weight is 403 g/mol. The van der Waals surface area contributed by atoms with Crippen molar-refractivity contribution < 1.29 is 9.53 Å². The van der Waals surface area contributed by atoms with Crippen LogP contribution in [0.2, 0.25) is 0 Å². The zero-order valence-electron chi connectivity index (χ0n) is 17.5. The van der Waals surface area contributed by atoms with Gasteiger partial charge in [-0.3, -0.25) is 4.79 Å². The Kier molecular flexibility index (Phi) is 8.11. The van der Waals surface area contributed by atoms with Crippen LogP contribution in [0.3, 0.4) is 0 Å². The minimum atomic E-state index is -0.0916. The monoisotopic (exact) mass is 402 g/mol. The molecule has 1 aliphatic rings. The van der Waals surface area contributed by atoms with Crippen LogP contribution in [0.4, 0.5) is 0 Å². The Labute approximate surface area is 180 Å². The van der Waals surface area contributed by atoms with Crippen LogP contribution in [0.25, 0.3) is 0 Å². The minimum Gasteiger partial charge on any atom is -0.490 e. The van der Waals surface area contributed by atoms with E-state index in [0.29, 0.717) is 12.1 Å². The number of piperidine rings is 1. The Morgan fingerprint density at radius 3 is 2.50 bits per heavy atom. The zero-order valence-corrected chi connectivity index (χ0v) is 17.5. The van der Waals surface area contributed by atoms with E-state index in [-0.39, 0.29) is 18.6 Å². The zero-order chi connectivity index (χ0) is 21.2. The van der Waals surface area contributed by atoms with Crippen LogP contribution in [0.5, 0.6) is 5.75 Å². The van der Waals surface area contributed by atoms with Crippen LogP contribution in [-0.2, 0) is 6.42 Å². The van der Waals surface area contributed by atoms with E-state index in [0.717, 1.165) is 44.6 Å². The smallest absolute Gasteiger partial charge is 0.254 e. The van der Waals surface area contributed by atoms with Crippen molar-refractivity contribution >= 4 is 5.91 Å². The van der Waals surface area contributed by atoms with E-state index < -0.39 is 0 Å². The first-order valence-corrected chi connectivity index (χ1v) is 10.6. The van der Waals surface area contributed by atoms with Gasteiger partial charge in [0.25, 0.3) is 5.91 Å². The number of nitrogens with zero attached hydrogens (tertiary/aromatic N) is 2. The summed E-state index contributed by atoms with van der Waals surface area (Å²) < 4.78 is 6.16. The normalized spacial score (nSPS) is 14.6. The van der Waals surface area contributed by atoms with E-state index in [2.05, 4.69) is 47.7 Å². The molecule has 0 aliphatic carbocycles. The van der Waals surface area contributed by atoms with Crippen LogP contribution in [0.15, 0.2) is 67.3 Å². The number of hydrogen-bond acceptors (Lipinski definition) is 3. The molecule has 0 atom stereocenters. The van der Waals surface area contributed by atoms with E-state index in [1.54, 1.807) is 23.1 Å². The number of terminal acetylenes is 1. The first-order chi connectivity index (χ1) is 14.7. The summed E-state index contributed by atoms with van der Waals surface area (Å²) in [6.45, 7) is 7.58. The molecule has 0 radical (unpaired) electrons. The topological polar surface area (TPSA) is 32.8 Å². The van der Waals surface area contributed by atoms with E-state index in [4.69, 9.17) is 11.2 Å². The fraction of sp³-hybridized carbons (Fsp3) is 0.346. The maximum atomic E-state index is 12.6. The molecule has 0 aromatic heterocycles. The lowest BCUT2D eigenvalue weighted by Gasteiger charge is -2.32. The van der Waals surface area contributed by atoms with E-state index in [9.17, 15) is 4.79 Å². The van der Waals surface area contributed by atoms with Gasteiger partial charge in [-0.25, -0.2) is 0 Å². The molecule has 2 aromatic rings. The van der Waals surface area contributed by atoms with Gasteiger partial charge in [0.05, 0.1) is 6.54 Å². The standard InChI is InChI=1S/C26H30N2O2/c1-3-17-28(18-4-2)26(29)23-10-12-24(13-11-23)30-25-15-20-27(21-16-25)19-14-22-8-6-5-7-9-22/h1,4-13,25H,2,14-21H2. The molecule has 1 saturated heterocycles. The van der Waals surface area contributed by atoms with Crippen molar-refractivity contribution in [1.82, 2.24) is 9.80 Å². The summed E-state index contributed by atoms with van der Waals surface area (Å²) in [6, 6.07) is 18.0. The third-order valence-corrected chi connectivity index (χ3v) is 5.42. The molecule has 1 amide bonds. The molecule has 3 rings (SSSR count). The van der Waals surface area contributed by atoms with Crippen LogP contribution < -0.4 is 4.74 Å². The second-order valence-corrected chi connectivity index (χ2v) is 7.60. The summed E-state index contributed by atoms with van der Waals surface area (Å²) in [7, 11) is 0. The molecule has 0 unspecified atom stereocenters. The number of amides is 1. The van der Waals surface area contributed by atoms with Gasteiger partial charge >= 0.3 is 0 Å². The molecule has 30 heavy (non-hydrogen) atoms. The van der Waals surface area contributed by atoms with E-state index in [1.165, 1.54) is 5.56 Å². The van der Waals surface area contributed by atoms with Crippen molar-refractivity contribution in [1.29, 1.82) is 0 Å².